The second-order valence-electron chi connectivity index (χ2n) is 2.40. The van der Waals surface area contributed by atoms with Crippen LogP contribution in [-0.2, 0) is 0 Å². The Balaban J connectivity index is 3.29. The van der Waals surface area contributed by atoms with Crippen LogP contribution in [0.2, 0.25) is 0 Å². The molecule has 0 atom stereocenters. The Morgan fingerprint density at radius 1 is 1.22 bits per heavy atom. The maximum absolute atomic E-state index is 2.23. The molecule has 0 aromatic carbocycles. The van der Waals surface area contributed by atoms with Crippen LogP contribution >= 0.6 is 0 Å². The summed E-state index contributed by atoms with van der Waals surface area (Å²) in [5, 5.41) is 0. The van der Waals surface area contributed by atoms with Crippen LogP contribution < -0.4 is 0 Å². The minimum absolute atomic E-state index is 1.09. The molecule has 0 aliphatic carbocycles. The SMILES string of the molecule is CC/C=C/CC=C(C)C. The van der Waals surface area contributed by atoms with E-state index in [2.05, 4.69) is 39.0 Å². The van der Waals surface area contributed by atoms with Crippen molar-refractivity contribution in [1.82, 2.24) is 0 Å². The van der Waals surface area contributed by atoms with Gasteiger partial charge in [-0.05, 0) is 26.7 Å². The molecule has 52 valence electrons. The molecule has 0 amide bonds. The number of hydrogen-bond acceptors (Lipinski definition) is 0. The van der Waals surface area contributed by atoms with Gasteiger partial charge >= 0.3 is 0 Å². The molecule has 0 spiro atoms. The lowest BCUT2D eigenvalue weighted by atomic mass is 10.2. The predicted octanol–water partition coefficient (Wildman–Crippen LogP) is 3.31. The maximum Gasteiger partial charge on any atom is -0.0167 e. The predicted molar refractivity (Wildman–Crippen MR) is 43.5 cm³/mol. The second-order valence-corrected chi connectivity index (χ2v) is 2.40. The summed E-state index contributed by atoms with van der Waals surface area (Å²) in [5.74, 6) is 0. The van der Waals surface area contributed by atoms with E-state index < -0.39 is 0 Å². The lowest BCUT2D eigenvalue weighted by molar-refractivity contribution is 1.19. The van der Waals surface area contributed by atoms with Gasteiger partial charge in [0, 0.05) is 0 Å². The average Bonchev–Trinajstić information content (AvgIpc) is 1.80. The van der Waals surface area contributed by atoms with Crippen molar-refractivity contribution in [2.75, 3.05) is 0 Å². The van der Waals surface area contributed by atoms with Gasteiger partial charge in [-0.3, -0.25) is 0 Å². The number of hydrogen-bond donors (Lipinski definition) is 0. The Labute approximate surface area is 58.3 Å². The molecular weight excluding hydrogens is 108 g/mol. The first kappa shape index (κ1) is 8.48. The number of allylic oxidation sites excluding steroid dienone is 4. The normalized spacial score (nSPS) is 10.1. The van der Waals surface area contributed by atoms with Crippen LogP contribution in [0.3, 0.4) is 0 Å². The summed E-state index contributed by atoms with van der Waals surface area (Å²) in [4.78, 5) is 0. The van der Waals surface area contributed by atoms with E-state index in [9.17, 15) is 0 Å². The van der Waals surface area contributed by atoms with Gasteiger partial charge in [0.15, 0.2) is 0 Å². The van der Waals surface area contributed by atoms with E-state index in [4.69, 9.17) is 0 Å². The molecule has 0 heteroatoms. The molecule has 0 bridgehead atoms. The zero-order valence-electron chi connectivity index (χ0n) is 6.65. The summed E-state index contributed by atoms with van der Waals surface area (Å²) >= 11 is 0. The molecule has 0 radical (unpaired) electrons. The Morgan fingerprint density at radius 2 is 1.89 bits per heavy atom. The van der Waals surface area contributed by atoms with Gasteiger partial charge in [-0.25, -0.2) is 0 Å². The van der Waals surface area contributed by atoms with Crippen molar-refractivity contribution in [3.8, 4) is 0 Å². The summed E-state index contributed by atoms with van der Waals surface area (Å²) in [5.41, 5.74) is 1.40. The van der Waals surface area contributed by atoms with E-state index in [0.717, 1.165) is 12.8 Å². The molecular formula is C9H16. The minimum atomic E-state index is 1.09. The quantitative estimate of drug-likeness (QED) is 0.506. The summed E-state index contributed by atoms with van der Waals surface area (Å²) in [6.45, 7) is 6.40. The van der Waals surface area contributed by atoms with Crippen LogP contribution in [0.4, 0.5) is 0 Å². The van der Waals surface area contributed by atoms with E-state index in [1.807, 2.05) is 0 Å². The zero-order chi connectivity index (χ0) is 7.11. The van der Waals surface area contributed by atoms with Gasteiger partial charge in [-0.2, -0.15) is 0 Å². The van der Waals surface area contributed by atoms with Crippen molar-refractivity contribution in [2.24, 2.45) is 0 Å². The van der Waals surface area contributed by atoms with Gasteiger partial charge in [0.2, 0.25) is 0 Å². The van der Waals surface area contributed by atoms with Crippen LogP contribution in [0.15, 0.2) is 23.8 Å². The number of rotatable bonds is 3. The van der Waals surface area contributed by atoms with E-state index in [1.54, 1.807) is 0 Å². The standard InChI is InChI=1S/C9H16/c1-4-5-6-7-8-9(2)3/h5-6,8H,4,7H2,1-3H3/b6-5+. The van der Waals surface area contributed by atoms with Crippen molar-refractivity contribution < 1.29 is 0 Å². The summed E-state index contributed by atoms with van der Waals surface area (Å²) in [6, 6.07) is 0. The molecule has 0 aromatic heterocycles. The Morgan fingerprint density at radius 3 is 2.33 bits per heavy atom. The van der Waals surface area contributed by atoms with Gasteiger partial charge in [-0.15, -0.1) is 0 Å². The van der Waals surface area contributed by atoms with Crippen molar-refractivity contribution in [2.45, 2.75) is 33.6 Å². The summed E-state index contributed by atoms with van der Waals surface area (Å²) in [7, 11) is 0. The molecule has 0 rings (SSSR count). The van der Waals surface area contributed by atoms with Crippen molar-refractivity contribution in [1.29, 1.82) is 0 Å². The van der Waals surface area contributed by atoms with Crippen LogP contribution in [0.25, 0.3) is 0 Å². The van der Waals surface area contributed by atoms with Gasteiger partial charge in [-0.1, -0.05) is 30.7 Å². The highest BCUT2D eigenvalue weighted by atomic mass is 13.8. The third-order valence-corrected chi connectivity index (χ3v) is 1.06. The van der Waals surface area contributed by atoms with Gasteiger partial charge in [0.25, 0.3) is 0 Å². The maximum atomic E-state index is 2.23. The van der Waals surface area contributed by atoms with Crippen molar-refractivity contribution >= 4 is 0 Å². The first-order valence-corrected chi connectivity index (χ1v) is 3.55. The monoisotopic (exact) mass is 124 g/mol. The molecule has 0 saturated heterocycles. The fraction of sp³-hybridized carbons (Fsp3) is 0.556. The highest BCUT2D eigenvalue weighted by Gasteiger charge is 1.72. The van der Waals surface area contributed by atoms with Crippen LogP contribution in [-0.4, -0.2) is 0 Å². The van der Waals surface area contributed by atoms with Crippen molar-refractivity contribution in [3.63, 3.8) is 0 Å². The largest absolute Gasteiger partial charge is 0.0885 e. The molecule has 0 unspecified atom stereocenters. The lowest BCUT2D eigenvalue weighted by Gasteiger charge is -1.84. The fourth-order valence-electron chi connectivity index (χ4n) is 0.567. The fourth-order valence-corrected chi connectivity index (χ4v) is 0.567. The average molecular weight is 124 g/mol. The van der Waals surface area contributed by atoms with E-state index in [0.29, 0.717) is 0 Å². The topological polar surface area (TPSA) is 0 Å². The third-order valence-electron chi connectivity index (χ3n) is 1.06. The first-order valence-electron chi connectivity index (χ1n) is 3.55. The van der Waals surface area contributed by atoms with Gasteiger partial charge in [0.05, 0.1) is 0 Å². The van der Waals surface area contributed by atoms with Crippen LogP contribution in [0.1, 0.15) is 33.6 Å². The molecule has 0 aliphatic heterocycles. The van der Waals surface area contributed by atoms with Gasteiger partial charge < -0.3 is 0 Å². The third kappa shape index (κ3) is 7.48. The van der Waals surface area contributed by atoms with Crippen LogP contribution in [0, 0.1) is 0 Å². The minimum Gasteiger partial charge on any atom is -0.0885 e. The first-order chi connectivity index (χ1) is 4.27. The Kier molecular flexibility index (Phi) is 5.29. The van der Waals surface area contributed by atoms with E-state index in [1.165, 1.54) is 5.57 Å². The summed E-state index contributed by atoms with van der Waals surface area (Å²) in [6.07, 6.45) is 8.87. The molecule has 0 fully saturated rings. The zero-order valence-corrected chi connectivity index (χ0v) is 6.65. The Hall–Kier alpha value is -0.520. The molecule has 0 aliphatic rings. The molecule has 0 N–H and O–H groups in total. The highest BCUT2D eigenvalue weighted by Crippen LogP contribution is 1.94. The van der Waals surface area contributed by atoms with E-state index >= 15 is 0 Å². The Bertz CT molecular complexity index is 103. The summed E-state index contributed by atoms with van der Waals surface area (Å²) < 4.78 is 0. The molecule has 0 aromatic rings. The van der Waals surface area contributed by atoms with Gasteiger partial charge in [0.1, 0.15) is 0 Å². The molecule has 0 nitrogen and oxygen atoms in total. The smallest absolute Gasteiger partial charge is 0.0167 e. The molecule has 0 heterocycles. The molecule has 0 saturated carbocycles. The second kappa shape index (κ2) is 5.61. The van der Waals surface area contributed by atoms with Crippen molar-refractivity contribution in [3.05, 3.63) is 23.8 Å². The van der Waals surface area contributed by atoms with Crippen LogP contribution in [0.5, 0.6) is 0 Å². The lowest BCUT2D eigenvalue weighted by Crippen LogP contribution is -1.63. The molecule has 9 heavy (non-hydrogen) atoms. The highest BCUT2D eigenvalue weighted by molar-refractivity contribution is 4.98. The van der Waals surface area contributed by atoms with E-state index in [-0.39, 0.29) is 0 Å².